The van der Waals surface area contributed by atoms with E-state index in [1.54, 1.807) is 12.1 Å². The van der Waals surface area contributed by atoms with Crippen molar-refractivity contribution in [2.75, 3.05) is 12.4 Å². The molecule has 0 aliphatic heterocycles. The molecule has 0 spiro atoms. The second-order valence-corrected chi connectivity index (χ2v) is 5.38. The van der Waals surface area contributed by atoms with Crippen LogP contribution in [0.2, 0.25) is 5.02 Å². The fourth-order valence-corrected chi connectivity index (χ4v) is 2.26. The first-order valence-corrected chi connectivity index (χ1v) is 7.15. The molecule has 0 saturated carbocycles. The van der Waals surface area contributed by atoms with Gasteiger partial charge in [0.2, 0.25) is 0 Å². The average molecular weight is 304 g/mol. The Morgan fingerprint density at radius 1 is 1.14 bits per heavy atom. The molecule has 0 radical (unpaired) electrons. The van der Waals surface area contributed by atoms with E-state index >= 15 is 0 Å². The fourth-order valence-electron chi connectivity index (χ4n) is 2.13. The number of hydrogen-bond donors (Lipinski definition) is 1. The van der Waals surface area contributed by atoms with Gasteiger partial charge >= 0.3 is 5.97 Å². The van der Waals surface area contributed by atoms with E-state index in [-0.39, 0.29) is 12.0 Å². The minimum Gasteiger partial charge on any atom is -0.465 e. The largest absolute Gasteiger partial charge is 0.465 e. The summed E-state index contributed by atoms with van der Waals surface area (Å²) >= 11 is 5.88. The van der Waals surface area contributed by atoms with Crippen molar-refractivity contribution in [2.45, 2.75) is 19.4 Å². The molecule has 0 fully saturated rings. The van der Waals surface area contributed by atoms with Crippen molar-refractivity contribution in [3.8, 4) is 0 Å². The van der Waals surface area contributed by atoms with E-state index < -0.39 is 0 Å². The van der Waals surface area contributed by atoms with E-state index in [2.05, 4.69) is 17.0 Å². The standard InChI is InChI=1S/C17H18ClNO2/c1-12(11-13-3-7-15(18)8-4-13)19-16-9-5-14(6-10-16)17(20)21-2/h3-10,12,19H,11H2,1-2H3. The van der Waals surface area contributed by atoms with Crippen molar-refractivity contribution in [1.82, 2.24) is 0 Å². The van der Waals surface area contributed by atoms with Crippen LogP contribution in [0.1, 0.15) is 22.8 Å². The molecule has 0 heterocycles. The summed E-state index contributed by atoms with van der Waals surface area (Å²) in [7, 11) is 1.38. The summed E-state index contributed by atoms with van der Waals surface area (Å²) in [5.41, 5.74) is 2.75. The van der Waals surface area contributed by atoms with Crippen molar-refractivity contribution < 1.29 is 9.53 Å². The Morgan fingerprint density at radius 3 is 2.33 bits per heavy atom. The van der Waals surface area contributed by atoms with Crippen molar-refractivity contribution >= 4 is 23.3 Å². The molecule has 0 aliphatic carbocycles. The minimum atomic E-state index is -0.323. The number of esters is 1. The third-order valence-corrected chi connectivity index (χ3v) is 3.43. The highest BCUT2D eigenvalue weighted by molar-refractivity contribution is 6.30. The lowest BCUT2D eigenvalue weighted by molar-refractivity contribution is 0.0601. The van der Waals surface area contributed by atoms with E-state index in [9.17, 15) is 4.79 Å². The molecule has 0 bridgehead atoms. The minimum absolute atomic E-state index is 0.273. The maximum Gasteiger partial charge on any atom is 0.337 e. The van der Waals surface area contributed by atoms with Crippen molar-refractivity contribution in [3.63, 3.8) is 0 Å². The van der Waals surface area contributed by atoms with Gasteiger partial charge in [-0.1, -0.05) is 23.7 Å². The first-order chi connectivity index (χ1) is 10.1. The topological polar surface area (TPSA) is 38.3 Å². The SMILES string of the molecule is COC(=O)c1ccc(NC(C)Cc2ccc(Cl)cc2)cc1. The second-order valence-electron chi connectivity index (χ2n) is 4.94. The number of hydrogen-bond acceptors (Lipinski definition) is 3. The van der Waals surface area contributed by atoms with Gasteiger partial charge in [-0.15, -0.1) is 0 Å². The second kappa shape index (κ2) is 7.14. The van der Waals surface area contributed by atoms with Crippen LogP contribution in [-0.4, -0.2) is 19.1 Å². The molecule has 2 aromatic rings. The van der Waals surface area contributed by atoms with Crippen LogP contribution in [0, 0.1) is 0 Å². The lowest BCUT2D eigenvalue weighted by Gasteiger charge is -2.15. The van der Waals surface area contributed by atoms with E-state index in [0.717, 1.165) is 17.1 Å². The maximum absolute atomic E-state index is 11.4. The molecular formula is C17H18ClNO2. The van der Waals surface area contributed by atoms with Crippen LogP contribution in [0.5, 0.6) is 0 Å². The Kier molecular flexibility index (Phi) is 5.23. The number of nitrogens with one attached hydrogen (secondary N) is 1. The van der Waals surface area contributed by atoms with Crippen LogP contribution >= 0.6 is 11.6 Å². The van der Waals surface area contributed by atoms with Crippen LogP contribution in [0.3, 0.4) is 0 Å². The normalized spacial score (nSPS) is 11.8. The number of anilines is 1. The first-order valence-electron chi connectivity index (χ1n) is 6.78. The molecule has 3 nitrogen and oxygen atoms in total. The Labute approximate surface area is 129 Å². The van der Waals surface area contributed by atoms with Gasteiger partial charge in [-0.25, -0.2) is 4.79 Å². The van der Waals surface area contributed by atoms with E-state index in [1.165, 1.54) is 12.7 Å². The van der Waals surface area contributed by atoms with Gasteiger partial charge in [-0.2, -0.15) is 0 Å². The van der Waals surface area contributed by atoms with Crippen LogP contribution in [0.4, 0.5) is 5.69 Å². The Hall–Kier alpha value is -2.00. The summed E-state index contributed by atoms with van der Waals surface area (Å²) in [6.45, 7) is 2.11. The van der Waals surface area contributed by atoms with E-state index in [0.29, 0.717) is 5.56 Å². The quantitative estimate of drug-likeness (QED) is 0.843. The Morgan fingerprint density at radius 2 is 1.76 bits per heavy atom. The highest BCUT2D eigenvalue weighted by Gasteiger charge is 2.06. The monoisotopic (exact) mass is 303 g/mol. The van der Waals surface area contributed by atoms with Crippen molar-refractivity contribution in [2.24, 2.45) is 0 Å². The summed E-state index contributed by atoms with van der Waals surface area (Å²) in [6, 6.07) is 15.4. The van der Waals surface area contributed by atoms with Gasteiger partial charge in [0.05, 0.1) is 12.7 Å². The van der Waals surface area contributed by atoms with Gasteiger partial charge in [0.1, 0.15) is 0 Å². The van der Waals surface area contributed by atoms with Gasteiger partial charge in [0.25, 0.3) is 0 Å². The smallest absolute Gasteiger partial charge is 0.337 e. The fraction of sp³-hybridized carbons (Fsp3) is 0.235. The summed E-state index contributed by atoms with van der Waals surface area (Å²) < 4.78 is 4.68. The molecule has 4 heteroatoms. The lowest BCUT2D eigenvalue weighted by atomic mass is 10.1. The van der Waals surface area contributed by atoms with E-state index in [4.69, 9.17) is 11.6 Å². The van der Waals surface area contributed by atoms with Gasteiger partial charge in [0.15, 0.2) is 0 Å². The van der Waals surface area contributed by atoms with Crippen LogP contribution < -0.4 is 5.32 Å². The van der Waals surface area contributed by atoms with Gasteiger partial charge in [-0.05, 0) is 55.3 Å². The number of halogens is 1. The van der Waals surface area contributed by atoms with Crippen molar-refractivity contribution in [1.29, 1.82) is 0 Å². The predicted molar refractivity (Wildman–Crippen MR) is 86.0 cm³/mol. The summed E-state index contributed by atoms with van der Waals surface area (Å²) in [5.74, 6) is -0.323. The highest BCUT2D eigenvalue weighted by Crippen LogP contribution is 2.15. The molecule has 2 rings (SSSR count). The molecule has 1 atom stereocenters. The molecular weight excluding hydrogens is 286 g/mol. The van der Waals surface area contributed by atoms with Crippen LogP contribution in [0.15, 0.2) is 48.5 Å². The number of carbonyl (C=O) groups excluding carboxylic acids is 1. The average Bonchev–Trinajstić information content (AvgIpc) is 2.49. The Bertz CT molecular complexity index is 593. The molecule has 2 aromatic carbocycles. The third kappa shape index (κ3) is 4.50. The maximum atomic E-state index is 11.4. The van der Waals surface area contributed by atoms with Crippen LogP contribution in [-0.2, 0) is 11.2 Å². The molecule has 1 unspecified atom stereocenters. The lowest BCUT2D eigenvalue weighted by Crippen LogP contribution is -2.18. The zero-order chi connectivity index (χ0) is 15.2. The molecule has 0 aliphatic rings. The molecule has 0 amide bonds. The molecule has 0 aromatic heterocycles. The summed E-state index contributed by atoms with van der Waals surface area (Å²) in [4.78, 5) is 11.4. The highest BCUT2D eigenvalue weighted by atomic mass is 35.5. The molecule has 21 heavy (non-hydrogen) atoms. The van der Waals surface area contributed by atoms with Gasteiger partial charge in [0, 0.05) is 16.8 Å². The number of benzene rings is 2. The number of methoxy groups -OCH3 is 1. The Balaban J connectivity index is 1.94. The summed E-state index contributed by atoms with van der Waals surface area (Å²) in [6.07, 6.45) is 0.899. The van der Waals surface area contributed by atoms with Crippen molar-refractivity contribution in [3.05, 3.63) is 64.7 Å². The molecule has 110 valence electrons. The zero-order valence-corrected chi connectivity index (χ0v) is 12.9. The summed E-state index contributed by atoms with van der Waals surface area (Å²) in [5, 5.41) is 4.15. The van der Waals surface area contributed by atoms with Gasteiger partial charge < -0.3 is 10.1 Å². The number of rotatable bonds is 5. The predicted octanol–water partition coefficient (Wildman–Crippen LogP) is 4.17. The first kappa shape index (κ1) is 15.4. The zero-order valence-electron chi connectivity index (χ0n) is 12.1. The van der Waals surface area contributed by atoms with E-state index in [1.807, 2.05) is 36.4 Å². The van der Waals surface area contributed by atoms with Crippen LogP contribution in [0.25, 0.3) is 0 Å². The molecule has 1 N–H and O–H groups in total. The number of ether oxygens (including phenoxy) is 1. The number of carbonyl (C=O) groups is 1. The molecule has 0 saturated heterocycles. The third-order valence-electron chi connectivity index (χ3n) is 3.17. The van der Waals surface area contributed by atoms with Gasteiger partial charge in [-0.3, -0.25) is 0 Å².